The highest BCUT2D eigenvalue weighted by Gasteiger charge is 2.27. The summed E-state index contributed by atoms with van der Waals surface area (Å²) in [5.41, 5.74) is 4.99. The quantitative estimate of drug-likeness (QED) is 0.580. The van der Waals surface area contributed by atoms with E-state index in [1.165, 1.54) is 0 Å². The van der Waals surface area contributed by atoms with Gasteiger partial charge in [-0.2, -0.15) is 0 Å². The molecule has 0 aromatic heterocycles. The molecule has 0 aromatic carbocycles. The molecule has 1 aliphatic rings. The van der Waals surface area contributed by atoms with Gasteiger partial charge in [0, 0.05) is 12.5 Å². The molecule has 0 radical (unpaired) electrons. The molecule has 0 aliphatic heterocycles. The molecule has 0 spiro atoms. The van der Waals surface area contributed by atoms with E-state index in [4.69, 9.17) is 10.8 Å². The number of amides is 3. The highest BCUT2D eigenvalue weighted by atomic mass is 16.4. The predicted molar refractivity (Wildman–Crippen MR) is 77.5 cm³/mol. The molecule has 0 aromatic rings. The molecule has 4 unspecified atom stereocenters. The van der Waals surface area contributed by atoms with Crippen molar-refractivity contribution in [3.63, 3.8) is 0 Å². The van der Waals surface area contributed by atoms with Crippen molar-refractivity contribution in [1.29, 1.82) is 0 Å². The number of carboxylic acids is 1. The average Bonchev–Trinajstić information content (AvgIpc) is 2.38. The summed E-state index contributed by atoms with van der Waals surface area (Å²) in [6, 6.07) is -1.53. The monoisotopic (exact) mass is 299 g/mol. The summed E-state index contributed by atoms with van der Waals surface area (Å²) in [6.45, 7) is 4.36. The molecule has 4 atom stereocenters. The van der Waals surface area contributed by atoms with Crippen LogP contribution in [0.2, 0.25) is 0 Å². The Labute approximate surface area is 124 Å². The minimum atomic E-state index is -1.17. The molecule has 7 heteroatoms. The van der Waals surface area contributed by atoms with E-state index in [2.05, 4.69) is 24.5 Å². The number of primary amides is 1. The summed E-state index contributed by atoms with van der Waals surface area (Å²) in [4.78, 5) is 33.6. The molecule has 1 rings (SSSR count). The molecule has 1 aliphatic carbocycles. The number of nitrogens with one attached hydrogen (secondary N) is 2. The fourth-order valence-electron chi connectivity index (χ4n) is 2.61. The molecule has 1 fully saturated rings. The average molecular weight is 299 g/mol. The van der Waals surface area contributed by atoms with Crippen LogP contribution in [0, 0.1) is 11.8 Å². The Morgan fingerprint density at radius 1 is 1.24 bits per heavy atom. The van der Waals surface area contributed by atoms with Gasteiger partial charge in [-0.05, 0) is 37.5 Å². The molecule has 0 bridgehead atoms. The van der Waals surface area contributed by atoms with E-state index in [0.717, 1.165) is 19.3 Å². The first-order valence-electron chi connectivity index (χ1n) is 7.37. The lowest BCUT2D eigenvalue weighted by atomic mass is 9.79. The number of carbonyl (C=O) groups excluding carboxylic acids is 2. The summed E-state index contributed by atoms with van der Waals surface area (Å²) >= 11 is 0. The van der Waals surface area contributed by atoms with Gasteiger partial charge in [-0.15, -0.1) is 0 Å². The Morgan fingerprint density at radius 3 is 2.43 bits per heavy atom. The van der Waals surface area contributed by atoms with E-state index < -0.39 is 23.9 Å². The third kappa shape index (κ3) is 6.01. The number of nitrogens with two attached hydrogens (primary N) is 1. The van der Waals surface area contributed by atoms with E-state index in [1.54, 1.807) is 0 Å². The standard InChI is InChI=1S/C14H25N3O4/c1-8-3-4-10(7-9(8)2)16-14(21)17-11(13(19)20)5-6-12(15)18/h8-11H,3-7H2,1-2H3,(H2,15,18)(H,19,20)(H2,16,17,21). The number of aliphatic carboxylic acids is 1. The van der Waals surface area contributed by atoms with Crippen LogP contribution in [0.15, 0.2) is 0 Å². The minimum Gasteiger partial charge on any atom is -0.480 e. The largest absolute Gasteiger partial charge is 0.480 e. The number of rotatable bonds is 6. The molecule has 120 valence electrons. The number of carboxylic acid groups (broad SMARTS) is 1. The van der Waals surface area contributed by atoms with Crippen molar-refractivity contribution in [3.8, 4) is 0 Å². The first kappa shape index (κ1) is 17.3. The molecule has 0 heterocycles. The van der Waals surface area contributed by atoms with E-state index in [9.17, 15) is 14.4 Å². The zero-order valence-electron chi connectivity index (χ0n) is 12.6. The first-order valence-corrected chi connectivity index (χ1v) is 7.37. The maximum atomic E-state index is 11.9. The van der Waals surface area contributed by atoms with Crippen LogP contribution in [0.1, 0.15) is 46.0 Å². The SMILES string of the molecule is CC1CCC(NC(=O)NC(CCC(N)=O)C(=O)O)CC1C. The van der Waals surface area contributed by atoms with Gasteiger partial charge in [0.15, 0.2) is 0 Å². The molecular weight excluding hydrogens is 274 g/mol. The van der Waals surface area contributed by atoms with Crippen molar-refractivity contribution < 1.29 is 19.5 Å². The Balaban J connectivity index is 2.43. The summed E-state index contributed by atoms with van der Waals surface area (Å²) in [6.07, 6.45) is 2.77. The predicted octanol–water partition coefficient (Wildman–Crippen LogP) is 0.829. The van der Waals surface area contributed by atoms with Gasteiger partial charge in [-0.25, -0.2) is 9.59 Å². The highest BCUT2D eigenvalue weighted by molar-refractivity contribution is 5.83. The normalized spacial score (nSPS) is 26.7. The summed E-state index contributed by atoms with van der Waals surface area (Å²) < 4.78 is 0. The van der Waals surface area contributed by atoms with E-state index in [-0.39, 0.29) is 18.9 Å². The van der Waals surface area contributed by atoms with Crippen LogP contribution < -0.4 is 16.4 Å². The highest BCUT2D eigenvalue weighted by Crippen LogP contribution is 2.29. The molecule has 21 heavy (non-hydrogen) atoms. The second-order valence-corrected chi connectivity index (χ2v) is 5.98. The van der Waals surface area contributed by atoms with Crippen LogP contribution in [0.5, 0.6) is 0 Å². The number of urea groups is 1. The van der Waals surface area contributed by atoms with Gasteiger partial charge in [-0.1, -0.05) is 13.8 Å². The maximum absolute atomic E-state index is 11.9. The van der Waals surface area contributed by atoms with Crippen LogP contribution >= 0.6 is 0 Å². The van der Waals surface area contributed by atoms with Crippen LogP contribution in [0.4, 0.5) is 4.79 Å². The van der Waals surface area contributed by atoms with Gasteiger partial charge >= 0.3 is 12.0 Å². The molecular formula is C14H25N3O4. The van der Waals surface area contributed by atoms with Gasteiger partial charge in [0.1, 0.15) is 6.04 Å². The second kappa shape index (κ2) is 7.85. The van der Waals surface area contributed by atoms with Gasteiger partial charge in [0.2, 0.25) is 5.91 Å². The Bertz CT molecular complexity index is 400. The van der Waals surface area contributed by atoms with Crippen molar-refractivity contribution in [1.82, 2.24) is 10.6 Å². The third-order valence-corrected chi connectivity index (χ3v) is 4.22. The van der Waals surface area contributed by atoms with E-state index in [1.807, 2.05) is 0 Å². The van der Waals surface area contributed by atoms with Crippen molar-refractivity contribution in [2.75, 3.05) is 0 Å². The summed E-state index contributed by atoms with van der Waals surface area (Å²) in [5, 5.41) is 14.2. The summed E-state index contributed by atoms with van der Waals surface area (Å²) in [7, 11) is 0. The Hall–Kier alpha value is -1.79. The molecule has 5 N–H and O–H groups in total. The fourth-order valence-corrected chi connectivity index (χ4v) is 2.61. The van der Waals surface area contributed by atoms with Crippen LogP contribution in [0.25, 0.3) is 0 Å². The lowest BCUT2D eigenvalue weighted by Gasteiger charge is -2.32. The minimum absolute atomic E-state index is 0.00378. The number of hydrogen-bond acceptors (Lipinski definition) is 3. The smallest absolute Gasteiger partial charge is 0.326 e. The van der Waals surface area contributed by atoms with Crippen molar-refractivity contribution >= 4 is 17.9 Å². The van der Waals surface area contributed by atoms with Gasteiger partial charge in [0.25, 0.3) is 0 Å². The van der Waals surface area contributed by atoms with E-state index >= 15 is 0 Å². The lowest BCUT2D eigenvalue weighted by Crippen LogP contribution is -2.50. The van der Waals surface area contributed by atoms with Crippen molar-refractivity contribution in [3.05, 3.63) is 0 Å². The number of hydrogen-bond donors (Lipinski definition) is 4. The second-order valence-electron chi connectivity index (χ2n) is 5.98. The van der Waals surface area contributed by atoms with Gasteiger partial charge < -0.3 is 21.5 Å². The van der Waals surface area contributed by atoms with Gasteiger partial charge in [0.05, 0.1) is 0 Å². The zero-order valence-corrected chi connectivity index (χ0v) is 12.6. The van der Waals surface area contributed by atoms with Gasteiger partial charge in [-0.3, -0.25) is 4.79 Å². The maximum Gasteiger partial charge on any atom is 0.326 e. The first-order chi connectivity index (χ1) is 9.79. The van der Waals surface area contributed by atoms with Crippen LogP contribution in [-0.4, -0.2) is 35.1 Å². The Morgan fingerprint density at radius 2 is 1.90 bits per heavy atom. The molecule has 0 saturated heterocycles. The molecule has 7 nitrogen and oxygen atoms in total. The fraction of sp³-hybridized carbons (Fsp3) is 0.786. The topological polar surface area (TPSA) is 122 Å². The third-order valence-electron chi connectivity index (χ3n) is 4.22. The summed E-state index contributed by atoms with van der Waals surface area (Å²) in [5.74, 6) is -0.571. The Kier molecular flexibility index (Phi) is 6.45. The molecule has 3 amide bonds. The zero-order chi connectivity index (χ0) is 16.0. The van der Waals surface area contributed by atoms with Crippen molar-refractivity contribution in [2.24, 2.45) is 17.6 Å². The van der Waals surface area contributed by atoms with E-state index in [0.29, 0.717) is 11.8 Å². The molecule has 1 saturated carbocycles. The van der Waals surface area contributed by atoms with Crippen LogP contribution in [0.3, 0.4) is 0 Å². The van der Waals surface area contributed by atoms with Crippen molar-refractivity contribution in [2.45, 2.75) is 58.0 Å². The lowest BCUT2D eigenvalue weighted by molar-refractivity contribution is -0.139. The van der Waals surface area contributed by atoms with Crippen LogP contribution in [-0.2, 0) is 9.59 Å². The number of carbonyl (C=O) groups is 3.